The first-order valence-electron chi connectivity index (χ1n) is 5.98. The minimum atomic E-state index is -2.59. The van der Waals surface area contributed by atoms with Gasteiger partial charge in [-0.25, -0.2) is 8.78 Å². The summed E-state index contributed by atoms with van der Waals surface area (Å²) in [5.41, 5.74) is -0.515. The van der Waals surface area contributed by atoms with Crippen LogP contribution in [-0.4, -0.2) is 22.7 Å². The summed E-state index contributed by atoms with van der Waals surface area (Å²) in [6.07, 6.45) is 0.126. The molecule has 5 heteroatoms. The zero-order valence-electron chi connectivity index (χ0n) is 10.5. The molecule has 0 aromatic heterocycles. The smallest absolute Gasteiger partial charge is 0.248 e. The molecule has 1 fully saturated rings. The standard InChI is InChI=1S/C12H20ClF2NO/c1-8(13)11(2,3)16-10(17)9-4-6-12(14,15)7-5-9/h8-9H,4-7H2,1-3H3,(H,16,17). The minimum absolute atomic E-state index is 0.155. The lowest BCUT2D eigenvalue weighted by molar-refractivity contribution is -0.130. The van der Waals surface area contributed by atoms with Crippen molar-refractivity contribution in [2.75, 3.05) is 0 Å². The van der Waals surface area contributed by atoms with E-state index in [0.717, 1.165) is 0 Å². The molecule has 1 unspecified atom stereocenters. The molecule has 0 aromatic carbocycles. The molecule has 1 N–H and O–H groups in total. The normalized spacial score (nSPS) is 23.2. The van der Waals surface area contributed by atoms with Gasteiger partial charge in [-0.05, 0) is 33.6 Å². The van der Waals surface area contributed by atoms with E-state index in [-0.39, 0.29) is 42.9 Å². The third-order valence-electron chi connectivity index (χ3n) is 3.53. The summed E-state index contributed by atoms with van der Waals surface area (Å²) in [5, 5.41) is 2.63. The van der Waals surface area contributed by atoms with Crippen molar-refractivity contribution in [3.8, 4) is 0 Å². The molecule has 0 bridgehead atoms. The molecule has 0 radical (unpaired) electrons. The van der Waals surface area contributed by atoms with E-state index < -0.39 is 11.5 Å². The molecule has 1 saturated carbocycles. The topological polar surface area (TPSA) is 29.1 Å². The molecule has 0 aliphatic heterocycles. The second kappa shape index (κ2) is 5.09. The highest BCUT2D eigenvalue weighted by Gasteiger charge is 2.38. The van der Waals surface area contributed by atoms with Crippen molar-refractivity contribution in [2.45, 2.75) is 63.3 Å². The zero-order chi connectivity index (χ0) is 13.3. The molecular formula is C12H20ClF2NO. The lowest BCUT2D eigenvalue weighted by Gasteiger charge is -2.33. The summed E-state index contributed by atoms with van der Waals surface area (Å²) in [6, 6.07) is 0. The van der Waals surface area contributed by atoms with E-state index in [4.69, 9.17) is 11.6 Å². The Hall–Kier alpha value is -0.380. The third kappa shape index (κ3) is 4.09. The van der Waals surface area contributed by atoms with Gasteiger partial charge in [0, 0.05) is 18.8 Å². The Kier molecular flexibility index (Phi) is 4.39. The van der Waals surface area contributed by atoms with Gasteiger partial charge >= 0.3 is 0 Å². The van der Waals surface area contributed by atoms with Crippen LogP contribution < -0.4 is 5.32 Å². The predicted molar refractivity (Wildman–Crippen MR) is 64.4 cm³/mol. The van der Waals surface area contributed by atoms with Gasteiger partial charge in [-0.15, -0.1) is 11.6 Å². The van der Waals surface area contributed by atoms with Crippen LogP contribution in [0.3, 0.4) is 0 Å². The van der Waals surface area contributed by atoms with E-state index in [1.165, 1.54) is 0 Å². The summed E-state index contributed by atoms with van der Waals surface area (Å²) in [6.45, 7) is 5.47. The van der Waals surface area contributed by atoms with Crippen molar-refractivity contribution in [3.63, 3.8) is 0 Å². The average molecular weight is 268 g/mol. The van der Waals surface area contributed by atoms with Crippen LogP contribution in [0.25, 0.3) is 0 Å². The van der Waals surface area contributed by atoms with Crippen molar-refractivity contribution in [3.05, 3.63) is 0 Å². The van der Waals surface area contributed by atoms with Gasteiger partial charge in [0.25, 0.3) is 0 Å². The number of hydrogen-bond acceptors (Lipinski definition) is 1. The molecule has 1 aliphatic rings. The van der Waals surface area contributed by atoms with Crippen LogP contribution in [0.1, 0.15) is 46.5 Å². The third-order valence-corrected chi connectivity index (χ3v) is 4.07. The Morgan fingerprint density at radius 3 is 2.29 bits per heavy atom. The first kappa shape index (κ1) is 14.7. The van der Waals surface area contributed by atoms with Crippen LogP contribution in [0.4, 0.5) is 8.78 Å². The molecule has 0 heterocycles. The Balaban J connectivity index is 2.50. The number of alkyl halides is 3. The first-order valence-corrected chi connectivity index (χ1v) is 6.42. The highest BCUT2D eigenvalue weighted by atomic mass is 35.5. The predicted octanol–water partition coefficient (Wildman–Crippen LogP) is 3.33. The number of carbonyl (C=O) groups is 1. The molecular weight excluding hydrogens is 248 g/mol. The lowest BCUT2D eigenvalue weighted by Crippen LogP contribution is -2.51. The van der Waals surface area contributed by atoms with Crippen molar-refractivity contribution in [1.82, 2.24) is 5.32 Å². The van der Waals surface area contributed by atoms with Gasteiger partial charge < -0.3 is 5.32 Å². The molecule has 1 amide bonds. The molecule has 2 nitrogen and oxygen atoms in total. The van der Waals surface area contributed by atoms with Crippen LogP contribution >= 0.6 is 11.6 Å². The Bertz CT molecular complexity index is 282. The molecule has 17 heavy (non-hydrogen) atoms. The number of halogens is 3. The second-order valence-corrected chi connectivity index (χ2v) is 6.11. The van der Waals surface area contributed by atoms with E-state index >= 15 is 0 Å². The number of amides is 1. The molecule has 1 atom stereocenters. The lowest BCUT2D eigenvalue weighted by atomic mass is 9.85. The van der Waals surface area contributed by atoms with Crippen LogP contribution in [0.2, 0.25) is 0 Å². The maximum atomic E-state index is 13.0. The van der Waals surface area contributed by atoms with Crippen LogP contribution in [0.5, 0.6) is 0 Å². The molecule has 0 spiro atoms. The molecule has 0 saturated heterocycles. The van der Waals surface area contributed by atoms with E-state index in [0.29, 0.717) is 0 Å². The highest BCUT2D eigenvalue weighted by Crippen LogP contribution is 2.36. The van der Waals surface area contributed by atoms with E-state index in [9.17, 15) is 13.6 Å². The van der Waals surface area contributed by atoms with E-state index in [1.54, 1.807) is 6.92 Å². The Morgan fingerprint density at radius 2 is 1.88 bits per heavy atom. The van der Waals surface area contributed by atoms with Gasteiger partial charge in [-0.3, -0.25) is 4.79 Å². The summed E-state index contributed by atoms with van der Waals surface area (Å²) in [4.78, 5) is 11.9. The minimum Gasteiger partial charge on any atom is -0.350 e. The fourth-order valence-electron chi connectivity index (χ4n) is 1.82. The van der Waals surface area contributed by atoms with Gasteiger partial charge in [0.15, 0.2) is 0 Å². The summed E-state index contributed by atoms with van der Waals surface area (Å²) >= 11 is 5.96. The van der Waals surface area contributed by atoms with Crippen molar-refractivity contribution in [1.29, 1.82) is 0 Å². The van der Waals surface area contributed by atoms with Crippen molar-refractivity contribution >= 4 is 17.5 Å². The summed E-state index contributed by atoms with van der Waals surface area (Å²) < 4.78 is 25.9. The van der Waals surface area contributed by atoms with E-state index in [1.807, 2.05) is 13.8 Å². The number of rotatable bonds is 3. The molecule has 1 aliphatic carbocycles. The first-order chi connectivity index (χ1) is 7.64. The number of nitrogens with one attached hydrogen (secondary N) is 1. The zero-order valence-corrected chi connectivity index (χ0v) is 11.3. The quantitative estimate of drug-likeness (QED) is 0.781. The SMILES string of the molecule is CC(Cl)C(C)(C)NC(=O)C1CCC(F)(F)CC1. The molecule has 0 aromatic rings. The fraction of sp³-hybridized carbons (Fsp3) is 0.917. The maximum Gasteiger partial charge on any atom is 0.248 e. The monoisotopic (exact) mass is 267 g/mol. The maximum absolute atomic E-state index is 13.0. The van der Waals surface area contributed by atoms with Gasteiger partial charge in [0.2, 0.25) is 11.8 Å². The second-order valence-electron chi connectivity index (χ2n) is 5.46. The van der Waals surface area contributed by atoms with Gasteiger partial charge in [0.1, 0.15) is 0 Å². The molecule has 100 valence electrons. The fourth-order valence-corrected chi connectivity index (χ4v) is 1.88. The van der Waals surface area contributed by atoms with Gasteiger partial charge in [-0.2, -0.15) is 0 Å². The Labute approximate surface area is 106 Å². The average Bonchev–Trinajstić information content (AvgIpc) is 2.16. The van der Waals surface area contributed by atoms with Gasteiger partial charge in [0.05, 0.1) is 10.9 Å². The largest absolute Gasteiger partial charge is 0.350 e. The number of hydrogen-bond donors (Lipinski definition) is 1. The van der Waals surface area contributed by atoms with Crippen LogP contribution in [-0.2, 0) is 4.79 Å². The summed E-state index contributed by atoms with van der Waals surface area (Å²) in [7, 11) is 0. The van der Waals surface area contributed by atoms with Crippen molar-refractivity contribution < 1.29 is 13.6 Å². The van der Waals surface area contributed by atoms with Gasteiger partial charge in [-0.1, -0.05) is 0 Å². The van der Waals surface area contributed by atoms with E-state index in [2.05, 4.69) is 5.32 Å². The summed E-state index contributed by atoms with van der Waals surface area (Å²) in [5.74, 6) is -3.05. The Morgan fingerprint density at radius 1 is 1.41 bits per heavy atom. The molecule has 1 rings (SSSR count). The van der Waals surface area contributed by atoms with Crippen molar-refractivity contribution in [2.24, 2.45) is 5.92 Å². The number of carbonyl (C=O) groups excluding carboxylic acids is 1. The van der Waals surface area contributed by atoms with Crippen LogP contribution in [0, 0.1) is 5.92 Å². The highest BCUT2D eigenvalue weighted by molar-refractivity contribution is 6.21. The van der Waals surface area contributed by atoms with Crippen LogP contribution in [0.15, 0.2) is 0 Å².